The number of aromatic nitrogens is 1. The van der Waals surface area contributed by atoms with Crippen LogP contribution in [0.4, 0.5) is 9.52 Å². The van der Waals surface area contributed by atoms with Crippen LogP contribution in [-0.4, -0.2) is 45.2 Å². The number of hydrogen-bond donors (Lipinski definition) is 1. The summed E-state index contributed by atoms with van der Waals surface area (Å²) >= 11 is 1.42. The van der Waals surface area contributed by atoms with Crippen LogP contribution in [0.25, 0.3) is 10.2 Å². The highest BCUT2D eigenvalue weighted by atomic mass is 32.1. The third kappa shape index (κ3) is 3.84. The number of ether oxygens (including phenoxy) is 1. The molecule has 1 aromatic heterocycles. The van der Waals surface area contributed by atoms with Crippen molar-refractivity contribution in [1.82, 2.24) is 4.98 Å². The maximum atomic E-state index is 13.6. The molecule has 0 radical (unpaired) electrons. The van der Waals surface area contributed by atoms with Gasteiger partial charge in [-0.2, -0.15) is 0 Å². The van der Waals surface area contributed by atoms with Crippen LogP contribution in [0.5, 0.6) is 5.75 Å². The molecule has 1 amide bonds. The van der Waals surface area contributed by atoms with Gasteiger partial charge in [0, 0.05) is 5.56 Å². The lowest BCUT2D eigenvalue weighted by Crippen LogP contribution is -3.06. The molecule has 0 atom stereocenters. The molecule has 3 aromatic rings. The summed E-state index contributed by atoms with van der Waals surface area (Å²) < 4.78 is 19.9. The number of methoxy groups -OCH3 is 1. The Morgan fingerprint density at radius 3 is 2.73 bits per heavy atom. The second kappa shape index (κ2) is 7.80. The van der Waals surface area contributed by atoms with Crippen molar-refractivity contribution < 1.29 is 18.8 Å². The quantitative estimate of drug-likeness (QED) is 0.720. The third-order valence-electron chi connectivity index (χ3n) is 3.97. The number of likely N-dealkylation sites (N-methyl/N-ethyl adjacent to an activating group) is 1. The van der Waals surface area contributed by atoms with Gasteiger partial charge in [-0.25, -0.2) is 9.37 Å². The Hall–Kier alpha value is -2.51. The van der Waals surface area contributed by atoms with Gasteiger partial charge >= 0.3 is 0 Å². The van der Waals surface area contributed by atoms with Crippen LogP contribution in [0.1, 0.15) is 10.4 Å². The number of para-hydroxylation sites is 1. The first-order valence-electron chi connectivity index (χ1n) is 8.29. The second-order valence-corrected chi connectivity index (χ2v) is 7.24. The number of carbonyl (C=O) groups is 1. The number of hydrogen-bond acceptors (Lipinski definition) is 4. The monoisotopic (exact) mass is 374 g/mol. The first-order chi connectivity index (χ1) is 12.5. The van der Waals surface area contributed by atoms with Gasteiger partial charge in [0.1, 0.15) is 17.1 Å². The number of halogens is 1. The van der Waals surface area contributed by atoms with Gasteiger partial charge < -0.3 is 9.64 Å². The first-order valence-corrected chi connectivity index (χ1v) is 9.11. The molecule has 7 heteroatoms. The van der Waals surface area contributed by atoms with Crippen molar-refractivity contribution in [2.45, 2.75) is 0 Å². The van der Waals surface area contributed by atoms with E-state index in [-0.39, 0.29) is 5.91 Å². The fraction of sp³-hybridized carbons (Fsp3) is 0.263. The Kier molecular flexibility index (Phi) is 5.49. The Morgan fingerprint density at radius 2 is 2.04 bits per heavy atom. The molecule has 26 heavy (non-hydrogen) atoms. The van der Waals surface area contributed by atoms with Crippen molar-refractivity contribution in [2.24, 2.45) is 0 Å². The van der Waals surface area contributed by atoms with Crippen molar-refractivity contribution in [3.05, 3.63) is 53.8 Å². The molecule has 3 rings (SSSR count). The number of rotatable bonds is 6. The summed E-state index contributed by atoms with van der Waals surface area (Å²) in [4.78, 5) is 20.5. The number of thiazole rings is 1. The van der Waals surface area contributed by atoms with E-state index in [4.69, 9.17) is 4.74 Å². The number of amides is 1. The molecule has 0 saturated heterocycles. The molecule has 0 aliphatic heterocycles. The van der Waals surface area contributed by atoms with E-state index in [0.717, 1.165) is 16.8 Å². The lowest BCUT2D eigenvalue weighted by atomic mass is 10.2. The SMILES string of the molecule is COc1cccc2sc(N(CC[NH+](C)C)C(=O)c3cccc(F)c3)nc12. The van der Waals surface area contributed by atoms with Gasteiger partial charge in [0.25, 0.3) is 5.91 Å². The van der Waals surface area contributed by atoms with Gasteiger partial charge in [-0.3, -0.25) is 9.69 Å². The molecule has 0 fully saturated rings. The standard InChI is InChI=1S/C19H20FN3O2S/c1-22(2)10-11-23(18(24)13-6-4-7-14(20)12-13)19-21-17-15(25-3)8-5-9-16(17)26-19/h4-9,12H,10-11H2,1-3H3/p+1. The topological polar surface area (TPSA) is 46.9 Å². The zero-order valence-electron chi connectivity index (χ0n) is 15.0. The van der Waals surface area contributed by atoms with E-state index in [1.807, 2.05) is 32.3 Å². The highest BCUT2D eigenvalue weighted by Gasteiger charge is 2.23. The molecule has 0 aliphatic carbocycles. The summed E-state index contributed by atoms with van der Waals surface area (Å²) in [5.74, 6) is -0.0230. The van der Waals surface area contributed by atoms with Gasteiger partial charge in [-0.05, 0) is 30.3 Å². The van der Waals surface area contributed by atoms with E-state index in [1.165, 1.54) is 28.4 Å². The van der Waals surface area contributed by atoms with Gasteiger partial charge in [-0.1, -0.05) is 23.5 Å². The summed E-state index contributed by atoms with van der Waals surface area (Å²) in [5.41, 5.74) is 1.04. The van der Waals surface area contributed by atoms with Gasteiger partial charge in [0.2, 0.25) is 0 Å². The smallest absolute Gasteiger partial charge is 0.260 e. The minimum atomic E-state index is -0.431. The zero-order chi connectivity index (χ0) is 18.7. The van der Waals surface area contributed by atoms with Gasteiger partial charge in [0.05, 0.1) is 39.0 Å². The lowest BCUT2D eigenvalue weighted by molar-refractivity contribution is -0.856. The van der Waals surface area contributed by atoms with Crippen LogP contribution in [0.2, 0.25) is 0 Å². The van der Waals surface area contributed by atoms with Crippen LogP contribution in [0, 0.1) is 5.82 Å². The normalized spacial score (nSPS) is 11.1. The minimum Gasteiger partial charge on any atom is -0.494 e. The van der Waals surface area contributed by atoms with E-state index < -0.39 is 5.82 Å². The number of nitrogens with zero attached hydrogens (tertiary/aromatic N) is 2. The third-order valence-corrected chi connectivity index (χ3v) is 5.02. The van der Waals surface area contributed by atoms with Gasteiger partial charge in [-0.15, -0.1) is 0 Å². The van der Waals surface area contributed by atoms with Crippen molar-refractivity contribution in [3.63, 3.8) is 0 Å². The molecule has 136 valence electrons. The van der Waals surface area contributed by atoms with Crippen molar-refractivity contribution in [1.29, 1.82) is 0 Å². The van der Waals surface area contributed by atoms with Crippen LogP contribution < -0.4 is 14.5 Å². The Morgan fingerprint density at radius 1 is 1.27 bits per heavy atom. The molecule has 2 aromatic carbocycles. The van der Waals surface area contributed by atoms with Crippen molar-refractivity contribution in [2.75, 3.05) is 39.2 Å². The van der Waals surface area contributed by atoms with E-state index in [0.29, 0.717) is 23.0 Å². The van der Waals surface area contributed by atoms with E-state index in [2.05, 4.69) is 4.98 Å². The van der Waals surface area contributed by atoms with Crippen LogP contribution in [0.3, 0.4) is 0 Å². The maximum absolute atomic E-state index is 13.6. The Labute approximate surface area is 155 Å². The lowest BCUT2D eigenvalue weighted by Gasteiger charge is -2.20. The van der Waals surface area contributed by atoms with Crippen molar-refractivity contribution >= 4 is 32.6 Å². The van der Waals surface area contributed by atoms with Crippen LogP contribution in [-0.2, 0) is 0 Å². The molecule has 0 unspecified atom stereocenters. The summed E-state index contributed by atoms with van der Waals surface area (Å²) in [6.45, 7) is 1.23. The summed E-state index contributed by atoms with van der Waals surface area (Å²) in [7, 11) is 5.64. The summed E-state index contributed by atoms with van der Waals surface area (Å²) in [5, 5.41) is 0.583. The number of anilines is 1. The van der Waals surface area contributed by atoms with E-state index in [9.17, 15) is 9.18 Å². The number of quaternary nitrogens is 1. The highest BCUT2D eigenvalue weighted by molar-refractivity contribution is 7.22. The minimum absolute atomic E-state index is 0.260. The molecule has 5 nitrogen and oxygen atoms in total. The predicted molar refractivity (Wildman–Crippen MR) is 102 cm³/mol. The summed E-state index contributed by atoms with van der Waals surface area (Å²) in [6, 6.07) is 11.4. The van der Waals surface area contributed by atoms with E-state index in [1.54, 1.807) is 24.1 Å². The average Bonchev–Trinajstić information content (AvgIpc) is 3.05. The zero-order valence-corrected chi connectivity index (χ0v) is 15.8. The van der Waals surface area contributed by atoms with Gasteiger partial charge in [0.15, 0.2) is 5.13 Å². The molecular formula is C19H21FN3O2S+. The number of fused-ring (bicyclic) bond motifs is 1. The molecule has 0 bridgehead atoms. The largest absolute Gasteiger partial charge is 0.494 e. The molecule has 0 saturated carbocycles. The Balaban J connectivity index is 2.02. The summed E-state index contributed by atoms with van der Waals surface area (Å²) in [6.07, 6.45) is 0. The van der Waals surface area contributed by atoms with E-state index >= 15 is 0 Å². The molecule has 1 N–H and O–H groups in total. The fourth-order valence-electron chi connectivity index (χ4n) is 2.59. The first kappa shape index (κ1) is 18.3. The van der Waals surface area contributed by atoms with Crippen LogP contribution in [0.15, 0.2) is 42.5 Å². The highest BCUT2D eigenvalue weighted by Crippen LogP contribution is 2.34. The fourth-order valence-corrected chi connectivity index (χ4v) is 3.60. The Bertz CT molecular complexity index is 926. The molecule has 0 aliphatic rings. The van der Waals surface area contributed by atoms with Crippen LogP contribution >= 0.6 is 11.3 Å². The number of nitrogens with one attached hydrogen (secondary N) is 1. The number of benzene rings is 2. The molecular weight excluding hydrogens is 353 g/mol. The molecule has 1 heterocycles. The second-order valence-electron chi connectivity index (χ2n) is 6.23. The molecule has 0 spiro atoms. The van der Waals surface area contributed by atoms with Crippen molar-refractivity contribution in [3.8, 4) is 5.75 Å². The number of carbonyl (C=O) groups excluding carboxylic acids is 1. The maximum Gasteiger partial charge on any atom is 0.260 e. The predicted octanol–water partition coefficient (Wildman–Crippen LogP) is 2.24. The average molecular weight is 374 g/mol.